The molecular weight excluding hydrogens is 308 g/mol. The number of phenols is 1. The predicted molar refractivity (Wildman–Crippen MR) is 90.4 cm³/mol. The average molecular weight is 328 g/mol. The lowest BCUT2D eigenvalue weighted by molar-refractivity contribution is 0.0609. The van der Waals surface area contributed by atoms with Crippen LogP contribution in [0.5, 0.6) is 11.5 Å². The van der Waals surface area contributed by atoms with Gasteiger partial charge in [0, 0.05) is 19.3 Å². The fourth-order valence-corrected chi connectivity index (χ4v) is 2.85. The molecule has 2 N–H and O–H groups in total. The van der Waals surface area contributed by atoms with E-state index in [0.29, 0.717) is 24.5 Å². The molecule has 0 aliphatic carbocycles. The normalized spacial score (nSPS) is 16.5. The number of hydrogen-bond acceptors (Lipinski definition) is 5. The van der Waals surface area contributed by atoms with E-state index >= 15 is 0 Å². The van der Waals surface area contributed by atoms with Crippen molar-refractivity contribution in [3.05, 3.63) is 53.6 Å². The van der Waals surface area contributed by atoms with E-state index in [9.17, 15) is 9.90 Å². The zero-order valence-corrected chi connectivity index (χ0v) is 13.7. The number of amides is 1. The summed E-state index contributed by atoms with van der Waals surface area (Å²) < 4.78 is 10.2. The predicted octanol–water partition coefficient (Wildman–Crippen LogP) is 2.61. The number of carbonyl (C=O) groups is 1. The maximum absolute atomic E-state index is 12.9. The molecule has 1 aliphatic rings. The van der Waals surface area contributed by atoms with E-state index in [1.54, 1.807) is 30.2 Å². The lowest BCUT2D eigenvalue weighted by Crippen LogP contribution is -2.44. The first-order valence-corrected chi connectivity index (χ1v) is 7.68. The van der Waals surface area contributed by atoms with E-state index in [2.05, 4.69) is 5.32 Å². The first kappa shape index (κ1) is 16.1. The Labute approximate surface area is 140 Å². The number of fused-ring (bicyclic) bond motifs is 1. The summed E-state index contributed by atoms with van der Waals surface area (Å²) in [5, 5.41) is 13.4. The number of benzene rings is 2. The molecule has 1 amide bonds. The summed E-state index contributed by atoms with van der Waals surface area (Å²) in [5.41, 5.74) is 2.17. The van der Waals surface area contributed by atoms with Gasteiger partial charge in [0.2, 0.25) is 0 Å². The van der Waals surface area contributed by atoms with Crippen molar-refractivity contribution in [2.24, 2.45) is 0 Å². The molecule has 2 aromatic rings. The highest BCUT2D eigenvalue weighted by atomic mass is 16.5. The zero-order chi connectivity index (χ0) is 17.1. The highest BCUT2D eigenvalue weighted by Crippen LogP contribution is 2.36. The molecule has 1 aliphatic heterocycles. The highest BCUT2D eigenvalue weighted by molar-refractivity contribution is 6.01. The number of nitrogens with one attached hydrogen (secondary N) is 1. The van der Waals surface area contributed by atoms with Gasteiger partial charge in [0.15, 0.2) is 11.5 Å². The monoisotopic (exact) mass is 328 g/mol. The van der Waals surface area contributed by atoms with Crippen LogP contribution < -0.4 is 10.1 Å². The van der Waals surface area contributed by atoms with Gasteiger partial charge in [-0.25, -0.2) is 0 Å². The fraction of sp³-hybridized carbons (Fsp3) is 0.278. The van der Waals surface area contributed by atoms with Crippen molar-refractivity contribution in [1.29, 1.82) is 0 Å². The Morgan fingerprint density at radius 3 is 2.71 bits per heavy atom. The van der Waals surface area contributed by atoms with Gasteiger partial charge in [0.25, 0.3) is 5.91 Å². The second-order valence-electron chi connectivity index (χ2n) is 5.52. The third-order valence-electron chi connectivity index (χ3n) is 4.08. The number of anilines is 1. The minimum Gasteiger partial charge on any atom is -0.504 e. The number of phenolic OH excluding ortho intramolecular Hbond substituents is 1. The van der Waals surface area contributed by atoms with Gasteiger partial charge in [-0.1, -0.05) is 18.2 Å². The number of methoxy groups -OCH3 is 2. The molecule has 1 heterocycles. The van der Waals surface area contributed by atoms with Gasteiger partial charge in [0.1, 0.15) is 6.17 Å². The lowest BCUT2D eigenvalue weighted by Gasteiger charge is -2.38. The Morgan fingerprint density at radius 2 is 2.00 bits per heavy atom. The number of ether oxygens (including phenoxy) is 2. The third-order valence-corrected chi connectivity index (χ3v) is 4.08. The summed E-state index contributed by atoms with van der Waals surface area (Å²) in [7, 11) is 3.10. The van der Waals surface area contributed by atoms with E-state index in [0.717, 1.165) is 11.3 Å². The van der Waals surface area contributed by atoms with E-state index < -0.39 is 0 Å². The van der Waals surface area contributed by atoms with Crippen molar-refractivity contribution in [2.45, 2.75) is 6.17 Å². The SMILES string of the molecule is COCCN1C(=O)c2ccccc2NC1c1ccc(OC)c(O)c1. The summed E-state index contributed by atoms with van der Waals surface area (Å²) in [6.45, 7) is 0.863. The largest absolute Gasteiger partial charge is 0.504 e. The highest BCUT2D eigenvalue weighted by Gasteiger charge is 2.32. The van der Waals surface area contributed by atoms with Crippen molar-refractivity contribution in [3.63, 3.8) is 0 Å². The number of para-hydroxylation sites is 1. The van der Waals surface area contributed by atoms with Gasteiger partial charge >= 0.3 is 0 Å². The van der Waals surface area contributed by atoms with Gasteiger partial charge in [-0.2, -0.15) is 0 Å². The Hall–Kier alpha value is -2.73. The van der Waals surface area contributed by atoms with Crippen LogP contribution in [-0.4, -0.2) is 43.3 Å². The smallest absolute Gasteiger partial charge is 0.257 e. The molecule has 126 valence electrons. The number of rotatable bonds is 5. The topological polar surface area (TPSA) is 71.0 Å². The molecule has 24 heavy (non-hydrogen) atoms. The molecule has 1 unspecified atom stereocenters. The quantitative estimate of drug-likeness (QED) is 0.883. The lowest BCUT2D eigenvalue weighted by atomic mass is 10.0. The molecule has 0 saturated heterocycles. The van der Waals surface area contributed by atoms with Crippen LogP contribution in [0.2, 0.25) is 0 Å². The molecule has 3 rings (SSSR count). The molecule has 0 bridgehead atoms. The number of carbonyl (C=O) groups excluding carboxylic acids is 1. The Bertz CT molecular complexity index is 748. The summed E-state index contributed by atoms with van der Waals surface area (Å²) in [5.74, 6) is 0.362. The maximum atomic E-state index is 12.9. The van der Waals surface area contributed by atoms with Gasteiger partial charge in [-0.15, -0.1) is 0 Å². The van der Waals surface area contributed by atoms with Crippen LogP contribution in [0.1, 0.15) is 22.1 Å². The van der Waals surface area contributed by atoms with Crippen molar-refractivity contribution >= 4 is 11.6 Å². The molecule has 0 radical (unpaired) electrons. The van der Waals surface area contributed by atoms with Gasteiger partial charge in [0.05, 0.1) is 19.3 Å². The second kappa shape index (κ2) is 6.80. The number of nitrogens with zero attached hydrogens (tertiary/aromatic N) is 1. The van der Waals surface area contributed by atoms with Crippen LogP contribution in [0, 0.1) is 0 Å². The van der Waals surface area contributed by atoms with Gasteiger partial charge in [-0.05, 0) is 29.8 Å². The van der Waals surface area contributed by atoms with Crippen molar-refractivity contribution < 1.29 is 19.4 Å². The van der Waals surface area contributed by atoms with E-state index in [-0.39, 0.29) is 17.8 Å². The molecule has 0 fully saturated rings. The van der Waals surface area contributed by atoms with Gasteiger partial charge < -0.3 is 24.8 Å². The summed E-state index contributed by atoms with van der Waals surface area (Å²) >= 11 is 0. The molecule has 0 saturated carbocycles. The molecule has 0 aromatic heterocycles. The molecule has 6 heteroatoms. The van der Waals surface area contributed by atoms with Crippen LogP contribution in [0.25, 0.3) is 0 Å². The van der Waals surface area contributed by atoms with Crippen molar-refractivity contribution in [1.82, 2.24) is 4.90 Å². The van der Waals surface area contributed by atoms with Gasteiger partial charge in [-0.3, -0.25) is 4.79 Å². The average Bonchev–Trinajstić information content (AvgIpc) is 2.61. The standard InChI is InChI=1S/C18H20N2O4/c1-23-10-9-20-17(12-7-8-16(24-2)15(21)11-12)19-14-6-4-3-5-13(14)18(20)22/h3-8,11,17,19,21H,9-10H2,1-2H3. The van der Waals surface area contributed by atoms with Crippen molar-refractivity contribution in [3.8, 4) is 11.5 Å². The molecule has 1 atom stereocenters. The minimum atomic E-state index is -0.389. The molecule has 0 spiro atoms. The first-order chi connectivity index (χ1) is 11.7. The van der Waals surface area contributed by atoms with Crippen LogP contribution in [0.4, 0.5) is 5.69 Å². The van der Waals surface area contributed by atoms with Crippen LogP contribution in [-0.2, 0) is 4.74 Å². The zero-order valence-electron chi connectivity index (χ0n) is 13.7. The van der Waals surface area contributed by atoms with Crippen LogP contribution in [0.15, 0.2) is 42.5 Å². The van der Waals surface area contributed by atoms with E-state index in [4.69, 9.17) is 9.47 Å². The van der Waals surface area contributed by atoms with E-state index in [1.807, 2.05) is 24.3 Å². The van der Waals surface area contributed by atoms with Crippen LogP contribution in [0.3, 0.4) is 0 Å². The van der Waals surface area contributed by atoms with Crippen LogP contribution >= 0.6 is 0 Å². The molecule has 2 aromatic carbocycles. The minimum absolute atomic E-state index is 0.0369. The van der Waals surface area contributed by atoms with Crippen molar-refractivity contribution in [2.75, 3.05) is 32.7 Å². The summed E-state index contributed by atoms with van der Waals surface area (Å²) in [6, 6.07) is 12.5. The Balaban J connectivity index is 2.00. The molecule has 6 nitrogen and oxygen atoms in total. The summed E-state index contributed by atoms with van der Waals surface area (Å²) in [6.07, 6.45) is -0.389. The number of aromatic hydroxyl groups is 1. The Kier molecular flexibility index (Phi) is 4.57. The first-order valence-electron chi connectivity index (χ1n) is 7.68. The second-order valence-corrected chi connectivity index (χ2v) is 5.52. The van der Waals surface area contributed by atoms with E-state index in [1.165, 1.54) is 7.11 Å². The maximum Gasteiger partial charge on any atom is 0.257 e. The number of hydrogen-bond donors (Lipinski definition) is 2. The molecular formula is C18H20N2O4. The fourth-order valence-electron chi connectivity index (χ4n) is 2.85. The summed E-state index contributed by atoms with van der Waals surface area (Å²) in [4.78, 5) is 14.6. The Morgan fingerprint density at radius 1 is 1.21 bits per heavy atom. The third kappa shape index (κ3) is 2.88.